The van der Waals surface area contributed by atoms with E-state index in [2.05, 4.69) is 36.4 Å². The standard InChI is InChI=1S/C14H16N2/c1-15-9-5-13(6-10-15)3-4-14-7-11-16(2)12-8-14/h3-12H,1-2H3/q+2/b4-3-. The summed E-state index contributed by atoms with van der Waals surface area (Å²) in [5.74, 6) is 0. The Kier molecular flexibility index (Phi) is 3.10. The van der Waals surface area contributed by atoms with Gasteiger partial charge in [0.15, 0.2) is 24.8 Å². The second-order valence-electron chi connectivity index (χ2n) is 3.93. The third kappa shape index (κ3) is 2.76. The molecule has 0 aliphatic heterocycles. The van der Waals surface area contributed by atoms with Gasteiger partial charge < -0.3 is 0 Å². The molecule has 0 spiro atoms. The molecule has 2 nitrogen and oxygen atoms in total. The maximum absolute atomic E-state index is 2.12. The van der Waals surface area contributed by atoms with Crippen molar-refractivity contribution in [3.05, 3.63) is 60.2 Å². The Morgan fingerprint density at radius 3 is 1.31 bits per heavy atom. The largest absolute Gasteiger partial charge is 0.208 e. The first-order chi connectivity index (χ1) is 7.74. The van der Waals surface area contributed by atoms with Gasteiger partial charge in [0.1, 0.15) is 14.1 Å². The fraction of sp³-hybridized carbons (Fsp3) is 0.143. The molecule has 0 saturated heterocycles. The minimum atomic E-state index is 1.21. The smallest absolute Gasteiger partial charge is 0.169 e. The van der Waals surface area contributed by atoms with Crippen LogP contribution in [0.15, 0.2) is 49.1 Å². The average Bonchev–Trinajstić information content (AvgIpc) is 2.30. The zero-order valence-electron chi connectivity index (χ0n) is 9.67. The SMILES string of the molecule is C[n+]1ccc(/C=C\c2cc[n+](C)cc2)cc1. The Morgan fingerprint density at radius 2 is 1.00 bits per heavy atom. The van der Waals surface area contributed by atoms with Gasteiger partial charge in [0.05, 0.1) is 0 Å². The van der Waals surface area contributed by atoms with Crippen molar-refractivity contribution in [2.75, 3.05) is 0 Å². The number of aryl methyl sites for hydroxylation is 2. The van der Waals surface area contributed by atoms with E-state index < -0.39 is 0 Å². The summed E-state index contributed by atoms with van der Waals surface area (Å²) in [6.07, 6.45) is 12.4. The first kappa shape index (κ1) is 10.6. The van der Waals surface area contributed by atoms with E-state index in [-0.39, 0.29) is 0 Å². The van der Waals surface area contributed by atoms with Crippen molar-refractivity contribution in [2.45, 2.75) is 0 Å². The van der Waals surface area contributed by atoms with Gasteiger partial charge in [-0.15, -0.1) is 0 Å². The lowest BCUT2D eigenvalue weighted by atomic mass is 10.2. The molecule has 0 aliphatic rings. The molecule has 0 N–H and O–H groups in total. The molecule has 0 aliphatic carbocycles. The third-order valence-corrected chi connectivity index (χ3v) is 2.48. The Hall–Kier alpha value is -1.96. The highest BCUT2D eigenvalue weighted by Gasteiger charge is 1.93. The molecular formula is C14H16N2+2. The van der Waals surface area contributed by atoms with Crippen LogP contribution in [0.4, 0.5) is 0 Å². The van der Waals surface area contributed by atoms with E-state index in [1.165, 1.54) is 11.1 Å². The highest BCUT2D eigenvalue weighted by atomic mass is 14.9. The van der Waals surface area contributed by atoms with Gasteiger partial charge >= 0.3 is 0 Å². The third-order valence-electron chi connectivity index (χ3n) is 2.48. The van der Waals surface area contributed by atoms with Gasteiger partial charge in [-0.25, -0.2) is 9.13 Å². The molecule has 2 aromatic rings. The van der Waals surface area contributed by atoms with Crippen molar-refractivity contribution in [1.82, 2.24) is 0 Å². The number of pyridine rings is 2. The molecule has 2 rings (SSSR count). The summed E-state index contributed by atoms with van der Waals surface area (Å²) in [5, 5.41) is 0. The molecule has 2 aromatic heterocycles. The minimum absolute atomic E-state index is 1.21. The number of aromatic nitrogens is 2. The fourth-order valence-corrected chi connectivity index (χ4v) is 1.44. The average molecular weight is 212 g/mol. The van der Waals surface area contributed by atoms with E-state index in [4.69, 9.17) is 0 Å². The molecule has 0 atom stereocenters. The molecule has 16 heavy (non-hydrogen) atoms. The number of nitrogens with zero attached hydrogens (tertiary/aromatic N) is 2. The van der Waals surface area contributed by atoms with Crippen LogP contribution in [-0.2, 0) is 14.1 Å². The van der Waals surface area contributed by atoms with E-state index in [0.717, 1.165) is 0 Å². The molecule has 0 fully saturated rings. The van der Waals surface area contributed by atoms with Crippen LogP contribution < -0.4 is 9.13 Å². The summed E-state index contributed by atoms with van der Waals surface area (Å²) < 4.78 is 4.06. The summed E-state index contributed by atoms with van der Waals surface area (Å²) in [6.45, 7) is 0. The van der Waals surface area contributed by atoms with E-state index in [9.17, 15) is 0 Å². The number of hydrogen-bond donors (Lipinski definition) is 0. The van der Waals surface area contributed by atoms with Crippen molar-refractivity contribution in [3.8, 4) is 0 Å². The van der Waals surface area contributed by atoms with E-state index in [0.29, 0.717) is 0 Å². The van der Waals surface area contributed by atoms with Crippen molar-refractivity contribution in [2.24, 2.45) is 14.1 Å². The molecule has 0 amide bonds. The van der Waals surface area contributed by atoms with Gasteiger partial charge in [0.25, 0.3) is 0 Å². The second-order valence-corrected chi connectivity index (χ2v) is 3.93. The Bertz CT molecular complexity index is 434. The van der Waals surface area contributed by atoms with Crippen LogP contribution in [0.3, 0.4) is 0 Å². The van der Waals surface area contributed by atoms with Gasteiger partial charge in [0.2, 0.25) is 0 Å². The zero-order chi connectivity index (χ0) is 11.4. The Labute approximate surface area is 96.1 Å². The molecule has 2 heterocycles. The first-order valence-electron chi connectivity index (χ1n) is 5.33. The predicted octanol–water partition coefficient (Wildman–Crippen LogP) is 1.51. The van der Waals surface area contributed by atoms with Crippen LogP contribution in [0.2, 0.25) is 0 Å². The van der Waals surface area contributed by atoms with Crippen molar-refractivity contribution in [1.29, 1.82) is 0 Å². The molecule has 0 radical (unpaired) electrons. The van der Waals surface area contributed by atoms with Crippen LogP contribution in [0.1, 0.15) is 11.1 Å². The Morgan fingerprint density at radius 1 is 0.688 bits per heavy atom. The lowest BCUT2D eigenvalue weighted by Gasteiger charge is -1.92. The second kappa shape index (κ2) is 4.71. The molecule has 0 bridgehead atoms. The normalized spacial score (nSPS) is 10.9. The fourth-order valence-electron chi connectivity index (χ4n) is 1.44. The highest BCUT2D eigenvalue weighted by Crippen LogP contribution is 2.04. The number of hydrogen-bond acceptors (Lipinski definition) is 0. The summed E-state index contributed by atoms with van der Waals surface area (Å²) >= 11 is 0. The topological polar surface area (TPSA) is 7.76 Å². The Balaban J connectivity index is 2.15. The molecule has 0 aromatic carbocycles. The quantitative estimate of drug-likeness (QED) is 0.667. The molecular weight excluding hydrogens is 196 g/mol. The van der Waals surface area contributed by atoms with Crippen LogP contribution in [0.5, 0.6) is 0 Å². The van der Waals surface area contributed by atoms with Crippen molar-refractivity contribution >= 4 is 12.2 Å². The van der Waals surface area contributed by atoms with Crippen molar-refractivity contribution in [3.63, 3.8) is 0 Å². The zero-order valence-corrected chi connectivity index (χ0v) is 9.67. The maximum atomic E-state index is 2.12. The van der Waals surface area contributed by atoms with Gasteiger partial charge in [-0.3, -0.25) is 0 Å². The van der Waals surface area contributed by atoms with Gasteiger partial charge in [-0.1, -0.05) is 12.2 Å². The number of rotatable bonds is 2. The molecule has 2 heteroatoms. The molecule has 80 valence electrons. The lowest BCUT2D eigenvalue weighted by molar-refractivity contribution is -0.671. The van der Waals surface area contributed by atoms with Gasteiger partial charge in [-0.2, -0.15) is 0 Å². The summed E-state index contributed by atoms with van der Waals surface area (Å²) in [6, 6.07) is 8.39. The van der Waals surface area contributed by atoms with Crippen LogP contribution >= 0.6 is 0 Å². The van der Waals surface area contributed by atoms with Crippen molar-refractivity contribution < 1.29 is 9.13 Å². The predicted molar refractivity (Wildman–Crippen MR) is 64.2 cm³/mol. The van der Waals surface area contributed by atoms with Crippen LogP contribution in [0.25, 0.3) is 12.2 Å². The maximum Gasteiger partial charge on any atom is 0.169 e. The first-order valence-corrected chi connectivity index (χ1v) is 5.33. The van der Waals surface area contributed by atoms with Gasteiger partial charge in [0, 0.05) is 24.3 Å². The van der Waals surface area contributed by atoms with E-state index >= 15 is 0 Å². The molecule has 0 saturated carbocycles. The summed E-state index contributed by atoms with van der Waals surface area (Å²) in [5.41, 5.74) is 2.43. The summed E-state index contributed by atoms with van der Waals surface area (Å²) in [7, 11) is 4.04. The highest BCUT2D eigenvalue weighted by molar-refractivity contribution is 5.68. The van der Waals surface area contributed by atoms with Crippen LogP contribution in [0, 0.1) is 0 Å². The van der Waals surface area contributed by atoms with E-state index in [1.54, 1.807) is 0 Å². The van der Waals surface area contributed by atoms with Gasteiger partial charge in [-0.05, 0) is 11.1 Å². The summed E-state index contributed by atoms with van der Waals surface area (Å²) in [4.78, 5) is 0. The van der Waals surface area contributed by atoms with Crippen LogP contribution in [-0.4, -0.2) is 0 Å². The lowest BCUT2D eigenvalue weighted by Crippen LogP contribution is -2.25. The monoisotopic (exact) mass is 212 g/mol. The van der Waals surface area contributed by atoms with E-state index in [1.807, 2.05) is 48.0 Å². The molecule has 0 unspecified atom stereocenters. The minimum Gasteiger partial charge on any atom is -0.208 e.